The van der Waals surface area contributed by atoms with E-state index in [9.17, 15) is 9.59 Å². The largest absolute Gasteiger partial charge is 0.466 e. The van der Waals surface area contributed by atoms with Crippen molar-refractivity contribution in [2.45, 2.75) is 45.6 Å². The number of carbonyl (C=O) groups is 2. The van der Waals surface area contributed by atoms with Crippen LogP contribution in [0.15, 0.2) is 0 Å². The number of carbonyl (C=O) groups excluding carboxylic acids is 2. The van der Waals surface area contributed by atoms with Crippen molar-refractivity contribution >= 4 is 11.9 Å². The van der Waals surface area contributed by atoms with Crippen molar-refractivity contribution < 1.29 is 19.4 Å². The molecule has 1 aliphatic rings. The van der Waals surface area contributed by atoms with Crippen LogP contribution in [0, 0.1) is 5.41 Å². The van der Waals surface area contributed by atoms with Gasteiger partial charge in [-0.1, -0.05) is 13.8 Å². The minimum Gasteiger partial charge on any atom is -0.466 e. The summed E-state index contributed by atoms with van der Waals surface area (Å²) >= 11 is 0. The van der Waals surface area contributed by atoms with Crippen LogP contribution >= 0.6 is 0 Å². The average Bonchev–Trinajstić information content (AvgIpc) is 2.47. The van der Waals surface area contributed by atoms with E-state index in [2.05, 4.69) is 5.32 Å². The molecular weight excluding hydrogens is 222 g/mol. The average molecular weight is 243 g/mol. The molecule has 1 saturated heterocycles. The summed E-state index contributed by atoms with van der Waals surface area (Å²) in [6.45, 7) is 4.19. The lowest BCUT2D eigenvalue weighted by molar-refractivity contribution is -0.144. The second-order valence-electron chi connectivity index (χ2n) is 5.11. The van der Waals surface area contributed by atoms with Crippen LogP contribution in [0.4, 0.5) is 0 Å². The molecule has 17 heavy (non-hydrogen) atoms. The van der Waals surface area contributed by atoms with Gasteiger partial charge in [-0.2, -0.15) is 0 Å². The molecule has 0 aromatic heterocycles. The van der Waals surface area contributed by atoms with E-state index >= 15 is 0 Å². The van der Waals surface area contributed by atoms with Crippen molar-refractivity contribution in [2.24, 2.45) is 5.41 Å². The van der Waals surface area contributed by atoms with Crippen molar-refractivity contribution in [1.29, 1.82) is 0 Å². The first-order valence-electron chi connectivity index (χ1n) is 6.03. The molecule has 0 aromatic rings. The number of ether oxygens (including phenoxy) is 1. The van der Waals surface area contributed by atoms with Gasteiger partial charge in [-0.05, 0) is 19.3 Å². The quantitative estimate of drug-likeness (QED) is 0.529. The third-order valence-electron chi connectivity index (χ3n) is 2.94. The fraction of sp³-hybridized carbons (Fsp3) is 0.833. The van der Waals surface area contributed by atoms with Crippen LogP contribution in [0.5, 0.6) is 0 Å². The van der Waals surface area contributed by atoms with Gasteiger partial charge in [0.2, 0.25) is 5.91 Å². The maximum Gasteiger partial charge on any atom is 0.307 e. The Balaban J connectivity index is 2.22. The predicted molar refractivity (Wildman–Crippen MR) is 62.2 cm³/mol. The minimum absolute atomic E-state index is 0.00409. The first-order chi connectivity index (χ1) is 7.95. The van der Waals surface area contributed by atoms with Crippen LogP contribution in [0.25, 0.3) is 0 Å². The topological polar surface area (TPSA) is 75.6 Å². The molecule has 1 rings (SSSR count). The number of hydrogen-bond donors (Lipinski definition) is 2. The first-order valence-corrected chi connectivity index (χ1v) is 6.03. The molecule has 0 saturated carbocycles. The Morgan fingerprint density at radius 1 is 1.53 bits per heavy atom. The fourth-order valence-corrected chi connectivity index (χ4v) is 1.92. The Labute approximate surface area is 102 Å². The number of aliphatic hydroxyl groups is 1. The summed E-state index contributed by atoms with van der Waals surface area (Å²) in [6, 6.07) is -0.108. The molecule has 1 fully saturated rings. The number of esters is 1. The maximum atomic E-state index is 11.5. The summed E-state index contributed by atoms with van der Waals surface area (Å²) < 4.78 is 5.01. The Bertz CT molecular complexity index is 288. The third kappa shape index (κ3) is 4.34. The lowest BCUT2D eigenvalue weighted by atomic mass is 9.89. The zero-order valence-corrected chi connectivity index (χ0v) is 10.5. The highest BCUT2D eigenvalue weighted by Crippen LogP contribution is 2.29. The normalized spacial score (nSPS) is 22.3. The summed E-state index contributed by atoms with van der Waals surface area (Å²) in [5.41, 5.74) is -0.387. The standard InChI is InChI=1S/C12H21NO4/c1-12(2)8-9(13-11(12)16)7-10(15)17-6-4-3-5-14/h9,14H,3-8H2,1-2H3,(H,13,16). The van der Waals surface area contributed by atoms with Crippen LogP contribution in [0.2, 0.25) is 0 Å². The number of unbranched alkanes of at least 4 members (excludes halogenated alkanes) is 1. The first kappa shape index (κ1) is 14.0. The van der Waals surface area contributed by atoms with E-state index in [1.807, 2.05) is 13.8 Å². The zero-order chi connectivity index (χ0) is 12.9. The Hall–Kier alpha value is -1.10. The van der Waals surface area contributed by atoms with E-state index in [0.29, 0.717) is 25.9 Å². The van der Waals surface area contributed by atoms with Gasteiger partial charge < -0.3 is 15.2 Å². The summed E-state index contributed by atoms with van der Waals surface area (Å²) in [5.74, 6) is -0.290. The van der Waals surface area contributed by atoms with Gasteiger partial charge in [0.25, 0.3) is 0 Å². The van der Waals surface area contributed by atoms with Crippen LogP contribution < -0.4 is 5.32 Å². The molecule has 1 atom stereocenters. The number of amides is 1. The molecule has 5 nitrogen and oxygen atoms in total. The van der Waals surface area contributed by atoms with Gasteiger partial charge in [0.15, 0.2) is 0 Å². The monoisotopic (exact) mass is 243 g/mol. The zero-order valence-electron chi connectivity index (χ0n) is 10.5. The van der Waals surface area contributed by atoms with E-state index in [0.717, 1.165) is 0 Å². The van der Waals surface area contributed by atoms with E-state index in [-0.39, 0.29) is 36.4 Å². The van der Waals surface area contributed by atoms with Crippen LogP contribution in [-0.2, 0) is 14.3 Å². The molecule has 0 spiro atoms. The van der Waals surface area contributed by atoms with Gasteiger partial charge in [0.1, 0.15) is 0 Å². The van der Waals surface area contributed by atoms with E-state index in [1.165, 1.54) is 0 Å². The number of aliphatic hydroxyl groups excluding tert-OH is 1. The number of nitrogens with one attached hydrogen (secondary N) is 1. The van der Waals surface area contributed by atoms with E-state index < -0.39 is 0 Å². The highest BCUT2D eigenvalue weighted by Gasteiger charge is 2.39. The molecule has 1 aliphatic heterocycles. The molecule has 1 heterocycles. The molecule has 0 aromatic carbocycles. The van der Waals surface area contributed by atoms with Crippen molar-refractivity contribution in [2.75, 3.05) is 13.2 Å². The van der Waals surface area contributed by atoms with Crippen molar-refractivity contribution in [3.05, 3.63) is 0 Å². The van der Waals surface area contributed by atoms with Crippen LogP contribution in [-0.4, -0.2) is 36.2 Å². The van der Waals surface area contributed by atoms with Crippen molar-refractivity contribution in [1.82, 2.24) is 5.32 Å². The van der Waals surface area contributed by atoms with Gasteiger partial charge in [0, 0.05) is 18.1 Å². The van der Waals surface area contributed by atoms with Crippen LogP contribution in [0.1, 0.15) is 39.5 Å². The van der Waals surface area contributed by atoms with Gasteiger partial charge in [-0.3, -0.25) is 9.59 Å². The SMILES string of the molecule is CC1(C)CC(CC(=O)OCCCCO)NC1=O. The highest BCUT2D eigenvalue weighted by molar-refractivity contribution is 5.85. The summed E-state index contributed by atoms with van der Waals surface area (Å²) in [5, 5.41) is 11.4. The lowest BCUT2D eigenvalue weighted by Crippen LogP contribution is -2.30. The van der Waals surface area contributed by atoms with Gasteiger partial charge in [-0.15, -0.1) is 0 Å². The van der Waals surface area contributed by atoms with E-state index in [4.69, 9.17) is 9.84 Å². The summed E-state index contributed by atoms with van der Waals surface area (Å²) in [6.07, 6.45) is 2.21. The second kappa shape index (κ2) is 6.00. The number of rotatable bonds is 6. The minimum atomic E-state index is -0.387. The molecule has 2 N–H and O–H groups in total. The molecule has 0 aliphatic carbocycles. The summed E-state index contributed by atoms with van der Waals surface area (Å²) in [7, 11) is 0. The summed E-state index contributed by atoms with van der Waals surface area (Å²) in [4.78, 5) is 22.9. The molecule has 5 heteroatoms. The van der Waals surface area contributed by atoms with E-state index in [1.54, 1.807) is 0 Å². The molecule has 0 bridgehead atoms. The molecule has 1 unspecified atom stereocenters. The smallest absolute Gasteiger partial charge is 0.307 e. The Kier molecular flexibility index (Phi) is 4.93. The van der Waals surface area contributed by atoms with Crippen molar-refractivity contribution in [3.8, 4) is 0 Å². The maximum absolute atomic E-state index is 11.5. The van der Waals surface area contributed by atoms with Gasteiger partial charge in [-0.25, -0.2) is 0 Å². The lowest BCUT2D eigenvalue weighted by Gasteiger charge is -2.12. The molecule has 0 radical (unpaired) electrons. The predicted octanol–water partition coefficient (Wildman–Crippen LogP) is 0.607. The van der Waals surface area contributed by atoms with Gasteiger partial charge in [0.05, 0.1) is 13.0 Å². The van der Waals surface area contributed by atoms with Gasteiger partial charge >= 0.3 is 5.97 Å². The van der Waals surface area contributed by atoms with Crippen LogP contribution in [0.3, 0.4) is 0 Å². The second-order valence-corrected chi connectivity index (χ2v) is 5.11. The fourth-order valence-electron chi connectivity index (χ4n) is 1.92. The molecule has 1 amide bonds. The molecule has 98 valence electrons. The highest BCUT2D eigenvalue weighted by atomic mass is 16.5. The third-order valence-corrected chi connectivity index (χ3v) is 2.94. The van der Waals surface area contributed by atoms with Crippen molar-refractivity contribution in [3.63, 3.8) is 0 Å². The number of hydrogen-bond acceptors (Lipinski definition) is 4. The Morgan fingerprint density at radius 2 is 2.24 bits per heavy atom. The Morgan fingerprint density at radius 3 is 2.76 bits per heavy atom. The molecular formula is C12H21NO4.